The van der Waals surface area contributed by atoms with E-state index in [-0.39, 0.29) is 10.8 Å². The zero-order valence-corrected chi connectivity index (χ0v) is 20.8. The van der Waals surface area contributed by atoms with Crippen LogP contribution in [0.3, 0.4) is 0 Å². The third-order valence-electron chi connectivity index (χ3n) is 5.47. The molecule has 1 N–H and O–H groups in total. The van der Waals surface area contributed by atoms with Gasteiger partial charge in [-0.05, 0) is 72.5 Å². The Morgan fingerprint density at radius 2 is 1.68 bits per heavy atom. The molecule has 0 aliphatic heterocycles. The number of nitrogens with zero attached hydrogens (tertiary/aromatic N) is 1. The first-order valence-corrected chi connectivity index (χ1v) is 12.6. The molecule has 34 heavy (non-hydrogen) atoms. The van der Waals surface area contributed by atoms with Crippen molar-refractivity contribution in [1.82, 2.24) is 0 Å². The average molecular weight is 497 g/mol. The standard InChI is InChI=1S/C25H24N2O5S2/c1-16-13-19(10-11-21(16)31-3)34(29,30)27(2)18-9-12-23-17(14-18)15-24(33-23)25(28)26-20-7-5-6-8-22(20)32-4/h5-15H,1-4H3,(H,26,28). The number of aryl methyl sites for hydroxylation is 1. The lowest BCUT2D eigenvalue weighted by Crippen LogP contribution is -2.26. The van der Waals surface area contributed by atoms with Gasteiger partial charge < -0.3 is 14.8 Å². The predicted octanol–water partition coefficient (Wildman–Crippen LogP) is 5.30. The van der Waals surface area contributed by atoms with Crippen LogP contribution in [0.4, 0.5) is 11.4 Å². The maximum absolute atomic E-state index is 13.2. The summed E-state index contributed by atoms with van der Waals surface area (Å²) in [7, 11) is 0.824. The van der Waals surface area contributed by atoms with Gasteiger partial charge >= 0.3 is 0 Å². The van der Waals surface area contributed by atoms with Crippen molar-refractivity contribution < 1.29 is 22.7 Å². The Balaban J connectivity index is 1.61. The number of benzene rings is 3. The highest BCUT2D eigenvalue weighted by Crippen LogP contribution is 2.33. The molecule has 0 aliphatic carbocycles. The number of rotatable bonds is 7. The molecule has 0 spiro atoms. The second-order valence-electron chi connectivity index (χ2n) is 7.59. The molecule has 0 unspecified atom stereocenters. The van der Waals surface area contributed by atoms with Crippen LogP contribution in [-0.4, -0.2) is 35.6 Å². The first kappa shape index (κ1) is 23.6. The number of anilines is 2. The van der Waals surface area contributed by atoms with Gasteiger partial charge in [-0.2, -0.15) is 0 Å². The molecule has 0 atom stereocenters. The number of carbonyl (C=O) groups is 1. The Hall–Kier alpha value is -3.56. The van der Waals surface area contributed by atoms with Gasteiger partial charge in [-0.25, -0.2) is 8.42 Å². The Labute approximate surface area is 202 Å². The van der Waals surface area contributed by atoms with Gasteiger partial charge in [0.05, 0.1) is 35.4 Å². The average Bonchev–Trinajstić information content (AvgIpc) is 3.27. The van der Waals surface area contributed by atoms with Gasteiger partial charge in [0.25, 0.3) is 15.9 Å². The molecular weight excluding hydrogens is 472 g/mol. The normalized spacial score (nSPS) is 11.3. The van der Waals surface area contributed by atoms with Gasteiger partial charge in [-0.15, -0.1) is 11.3 Å². The maximum Gasteiger partial charge on any atom is 0.265 e. The van der Waals surface area contributed by atoms with Gasteiger partial charge in [0.1, 0.15) is 11.5 Å². The highest BCUT2D eigenvalue weighted by atomic mass is 32.2. The largest absolute Gasteiger partial charge is 0.496 e. The van der Waals surface area contributed by atoms with Crippen molar-refractivity contribution in [3.05, 3.63) is 77.2 Å². The Bertz CT molecular complexity index is 1480. The molecule has 9 heteroatoms. The highest BCUT2D eigenvalue weighted by Gasteiger charge is 2.23. The summed E-state index contributed by atoms with van der Waals surface area (Å²) in [6, 6.07) is 19.0. The molecular formula is C25H24N2O5S2. The van der Waals surface area contributed by atoms with Gasteiger partial charge in [0.2, 0.25) is 0 Å². The van der Waals surface area contributed by atoms with E-state index in [0.717, 1.165) is 15.6 Å². The molecule has 1 heterocycles. The molecule has 0 radical (unpaired) electrons. The third-order valence-corrected chi connectivity index (χ3v) is 8.36. The van der Waals surface area contributed by atoms with Crippen molar-refractivity contribution in [2.45, 2.75) is 11.8 Å². The predicted molar refractivity (Wildman–Crippen MR) is 136 cm³/mol. The minimum absolute atomic E-state index is 0.176. The van der Waals surface area contributed by atoms with Crippen LogP contribution in [0.25, 0.3) is 10.1 Å². The molecule has 176 valence electrons. The fraction of sp³-hybridized carbons (Fsp3) is 0.160. The Kier molecular flexibility index (Phi) is 6.49. The van der Waals surface area contributed by atoms with Crippen LogP contribution in [0, 0.1) is 6.92 Å². The number of methoxy groups -OCH3 is 2. The van der Waals surface area contributed by atoms with Crippen LogP contribution >= 0.6 is 11.3 Å². The van der Waals surface area contributed by atoms with E-state index in [2.05, 4.69) is 5.32 Å². The molecule has 1 amide bonds. The van der Waals surface area contributed by atoms with Crippen LogP contribution < -0.4 is 19.1 Å². The number of para-hydroxylation sites is 2. The summed E-state index contributed by atoms with van der Waals surface area (Å²) in [5, 5.41) is 3.64. The van der Waals surface area contributed by atoms with Crippen LogP contribution in [0.1, 0.15) is 15.2 Å². The number of sulfonamides is 1. The van der Waals surface area contributed by atoms with E-state index in [9.17, 15) is 13.2 Å². The topological polar surface area (TPSA) is 84.9 Å². The van der Waals surface area contributed by atoms with E-state index in [0.29, 0.717) is 27.8 Å². The molecule has 4 aromatic rings. The van der Waals surface area contributed by atoms with Gasteiger partial charge in [0, 0.05) is 11.7 Å². The number of thiophene rings is 1. The van der Waals surface area contributed by atoms with E-state index in [4.69, 9.17) is 9.47 Å². The second-order valence-corrected chi connectivity index (χ2v) is 10.6. The molecule has 3 aromatic carbocycles. The van der Waals surface area contributed by atoms with E-state index in [1.807, 2.05) is 18.2 Å². The lowest BCUT2D eigenvalue weighted by molar-refractivity contribution is 0.103. The first-order chi connectivity index (χ1) is 16.2. The van der Waals surface area contributed by atoms with E-state index in [1.165, 1.54) is 28.8 Å². The highest BCUT2D eigenvalue weighted by molar-refractivity contribution is 7.92. The minimum Gasteiger partial charge on any atom is -0.496 e. The van der Waals surface area contributed by atoms with E-state index in [1.54, 1.807) is 63.6 Å². The zero-order valence-electron chi connectivity index (χ0n) is 19.2. The Morgan fingerprint density at radius 1 is 0.941 bits per heavy atom. The van der Waals surface area contributed by atoms with Crippen molar-refractivity contribution in [3.63, 3.8) is 0 Å². The summed E-state index contributed by atoms with van der Waals surface area (Å²) in [4.78, 5) is 13.5. The van der Waals surface area contributed by atoms with Gasteiger partial charge in [0.15, 0.2) is 0 Å². The van der Waals surface area contributed by atoms with Crippen molar-refractivity contribution in [2.24, 2.45) is 0 Å². The lowest BCUT2D eigenvalue weighted by Gasteiger charge is -2.20. The monoisotopic (exact) mass is 496 g/mol. The Morgan fingerprint density at radius 3 is 2.38 bits per heavy atom. The van der Waals surface area contributed by atoms with Crippen molar-refractivity contribution in [1.29, 1.82) is 0 Å². The van der Waals surface area contributed by atoms with Crippen molar-refractivity contribution >= 4 is 48.7 Å². The smallest absolute Gasteiger partial charge is 0.265 e. The lowest BCUT2D eigenvalue weighted by atomic mass is 10.2. The van der Waals surface area contributed by atoms with Crippen LogP contribution in [-0.2, 0) is 10.0 Å². The molecule has 0 saturated carbocycles. The minimum atomic E-state index is -3.78. The fourth-order valence-corrected chi connectivity index (χ4v) is 5.79. The zero-order chi connectivity index (χ0) is 24.5. The molecule has 0 fully saturated rings. The molecule has 4 rings (SSSR count). The summed E-state index contributed by atoms with van der Waals surface area (Å²) in [5.74, 6) is 0.932. The summed E-state index contributed by atoms with van der Waals surface area (Å²) < 4.78 is 39.1. The number of hydrogen-bond acceptors (Lipinski definition) is 6. The number of amides is 1. The maximum atomic E-state index is 13.2. The number of carbonyl (C=O) groups excluding carboxylic acids is 1. The molecule has 0 aliphatic rings. The number of nitrogens with one attached hydrogen (secondary N) is 1. The summed E-state index contributed by atoms with van der Waals surface area (Å²) >= 11 is 1.33. The molecule has 0 saturated heterocycles. The van der Waals surface area contributed by atoms with E-state index >= 15 is 0 Å². The third kappa shape index (κ3) is 4.44. The number of fused-ring (bicyclic) bond motifs is 1. The second kappa shape index (κ2) is 9.36. The quantitative estimate of drug-likeness (QED) is 0.375. The SMILES string of the molecule is COc1ccc(S(=O)(=O)N(C)c2ccc3sc(C(=O)Nc4ccccc4OC)cc3c2)cc1C. The molecule has 0 bridgehead atoms. The summed E-state index contributed by atoms with van der Waals surface area (Å²) in [5.41, 5.74) is 1.81. The summed E-state index contributed by atoms with van der Waals surface area (Å²) in [6.45, 7) is 1.80. The number of ether oxygens (including phenoxy) is 2. The van der Waals surface area contributed by atoms with Crippen LogP contribution in [0.15, 0.2) is 71.6 Å². The van der Waals surface area contributed by atoms with Gasteiger partial charge in [-0.1, -0.05) is 12.1 Å². The van der Waals surface area contributed by atoms with Crippen molar-refractivity contribution in [2.75, 3.05) is 30.9 Å². The van der Waals surface area contributed by atoms with Crippen LogP contribution in [0.5, 0.6) is 11.5 Å². The van der Waals surface area contributed by atoms with Gasteiger partial charge in [-0.3, -0.25) is 9.10 Å². The fourth-order valence-electron chi connectivity index (χ4n) is 3.58. The first-order valence-electron chi connectivity index (χ1n) is 10.4. The molecule has 1 aromatic heterocycles. The number of hydrogen-bond donors (Lipinski definition) is 1. The summed E-state index contributed by atoms with van der Waals surface area (Å²) in [6.07, 6.45) is 0. The van der Waals surface area contributed by atoms with Crippen LogP contribution in [0.2, 0.25) is 0 Å². The molecule has 7 nitrogen and oxygen atoms in total. The van der Waals surface area contributed by atoms with E-state index < -0.39 is 10.0 Å². The van der Waals surface area contributed by atoms with Crippen molar-refractivity contribution in [3.8, 4) is 11.5 Å².